The fourth-order valence-corrected chi connectivity index (χ4v) is 5.64. The van der Waals surface area contributed by atoms with E-state index in [9.17, 15) is 8.42 Å². The van der Waals surface area contributed by atoms with Gasteiger partial charge in [-0.1, -0.05) is 17.7 Å². The maximum Gasteiger partial charge on any atom is 0.244 e. The van der Waals surface area contributed by atoms with Gasteiger partial charge in [0.2, 0.25) is 15.8 Å². The Balaban J connectivity index is 1.90. The molecule has 2 heterocycles. The zero-order chi connectivity index (χ0) is 22.2. The summed E-state index contributed by atoms with van der Waals surface area (Å²) in [6, 6.07) is 13.9. The van der Waals surface area contributed by atoms with Crippen LogP contribution in [-0.4, -0.2) is 45.2 Å². The molecule has 0 spiro atoms. The average molecular weight is 443 g/mol. The van der Waals surface area contributed by atoms with Crippen molar-refractivity contribution in [1.29, 1.82) is 0 Å². The first-order chi connectivity index (χ1) is 14.9. The van der Waals surface area contributed by atoms with Crippen LogP contribution in [0.2, 0.25) is 0 Å². The molecule has 7 nitrogen and oxygen atoms in total. The Kier molecular flexibility index (Phi) is 5.68. The van der Waals surface area contributed by atoms with Crippen LogP contribution in [0.1, 0.15) is 22.9 Å². The van der Waals surface area contributed by atoms with E-state index in [-0.39, 0.29) is 4.90 Å². The molecule has 1 aliphatic heterocycles. The summed E-state index contributed by atoms with van der Waals surface area (Å²) < 4.78 is 47.5. The van der Waals surface area contributed by atoms with Gasteiger partial charge in [0, 0.05) is 25.0 Å². The predicted octanol–water partition coefficient (Wildman–Crippen LogP) is 3.62. The normalized spacial score (nSPS) is 16.6. The van der Waals surface area contributed by atoms with Gasteiger partial charge < -0.3 is 18.8 Å². The number of aryl methyl sites for hydroxylation is 1. The largest absolute Gasteiger partial charge is 0.493 e. The second kappa shape index (κ2) is 8.28. The van der Waals surface area contributed by atoms with E-state index in [1.54, 1.807) is 37.8 Å². The number of methoxy groups -OCH3 is 3. The van der Waals surface area contributed by atoms with E-state index in [4.69, 9.17) is 14.2 Å². The second-order valence-electron chi connectivity index (χ2n) is 7.42. The summed E-state index contributed by atoms with van der Waals surface area (Å²) in [6.07, 6.45) is 1.97. The van der Waals surface area contributed by atoms with Gasteiger partial charge in [0.05, 0.1) is 32.3 Å². The Labute approximate surface area is 182 Å². The minimum Gasteiger partial charge on any atom is -0.493 e. The molecule has 164 valence electrons. The Morgan fingerprint density at radius 3 is 2.13 bits per heavy atom. The summed E-state index contributed by atoms with van der Waals surface area (Å²) in [5, 5.41) is 0. The third-order valence-corrected chi connectivity index (χ3v) is 7.50. The van der Waals surface area contributed by atoms with E-state index in [2.05, 4.69) is 4.57 Å². The van der Waals surface area contributed by atoms with Crippen molar-refractivity contribution in [2.75, 3.05) is 27.9 Å². The molecule has 0 N–H and O–H groups in total. The van der Waals surface area contributed by atoms with Gasteiger partial charge in [0.15, 0.2) is 11.5 Å². The lowest BCUT2D eigenvalue weighted by Gasteiger charge is -2.36. The predicted molar refractivity (Wildman–Crippen MR) is 117 cm³/mol. The minimum absolute atomic E-state index is 0.274. The standard InChI is InChI=1S/C23H26N2O5S/c1-16-7-9-18(10-8-16)31(26,27)25-13-12-24-11-5-6-19(24)22(25)17-14-20(28-2)23(30-4)21(15-17)29-3/h5-11,14-15,22H,12-13H2,1-4H3/t22-/m1/s1. The van der Waals surface area contributed by atoms with Crippen LogP contribution in [0.5, 0.6) is 17.2 Å². The van der Waals surface area contributed by atoms with Crippen molar-refractivity contribution in [3.05, 3.63) is 71.5 Å². The number of sulfonamides is 1. The summed E-state index contributed by atoms with van der Waals surface area (Å²) in [7, 11) is 0.891. The van der Waals surface area contributed by atoms with Crippen LogP contribution >= 0.6 is 0 Å². The van der Waals surface area contributed by atoms with Gasteiger partial charge in [0.25, 0.3) is 0 Å². The molecule has 0 amide bonds. The van der Waals surface area contributed by atoms with Crippen LogP contribution in [0.3, 0.4) is 0 Å². The summed E-state index contributed by atoms with van der Waals surface area (Å²) in [6.45, 7) is 2.86. The maximum atomic E-state index is 13.7. The van der Waals surface area contributed by atoms with Gasteiger partial charge >= 0.3 is 0 Å². The quantitative estimate of drug-likeness (QED) is 0.583. The highest BCUT2D eigenvalue weighted by atomic mass is 32.2. The summed E-state index contributed by atoms with van der Waals surface area (Å²) >= 11 is 0. The number of fused-ring (bicyclic) bond motifs is 1. The summed E-state index contributed by atoms with van der Waals surface area (Å²) in [4.78, 5) is 0.274. The van der Waals surface area contributed by atoms with Crippen molar-refractivity contribution in [3.8, 4) is 17.2 Å². The van der Waals surface area contributed by atoms with Crippen LogP contribution in [0.4, 0.5) is 0 Å². The van der Waals surface area contributed by atoms with E-state index in [1.165, 1.54) is 0 Å². The first-order valence-corrected chi connectivity index (χ1v) is 11.4. The Morgan fingerprint density at radius 2 is 1.55 bits per heavy atom. The van der Waals surface area contributed by atoms with Crippen molar-refractivity contribution in [1.82, 2.24) is 8.87 Å². The lowest BCUT2D eigenvalue weighted by Crippen LogP contribution is -2.42. The molecule has 31 heavy (non-hydrogen) atoms. The van der Waals surface area contributed by atoms with E-state index in [1.807, 2.05) is 49.5 Å². The van der Waals surface area contributed by atoms with Crippen molar-refractivity contribution in [3.63, 3.8) is 0 Å². The number of benzene rings is 2. The fourth-order valence-electron chi connectivity index (χ4n) is 4.06. The van der Waals surface area contributed by atoms with Crippen LogP contribution < -0.4 is 14.2 Å². The molecule has 1 aromatic heterocycles. The van der Waals surface area contributed by atoms with E-state index in [0.717, 1.165) is 16.8 Å². The van der Waals surface area contributed by atoms with Crippen LogP contribution in [-0.2, 0) is 16.6 Å². The Morgan fingerprint density at radius 1 is 0.903 bits per heavy atom. The van der Waals surface area contributed by atoms with Gasteiger partial charge in [-0.05, 0) is 48.9 Å². The Bertz CT molecular complexity index is 1160. The third kappa shape index (κ3) is 3.66. The molecule has 0 unspecified atom stereocenters. The molecule has 0 bridgehead atoms. The van der Waals surface area contributed by atoms with E-state index < -0.39 is 16.1 Å². The molecule has 8 heteroatoms. The third-order valence-electron chi connectivity index (χ3n) is 5.62. The summed E-state index contributed by atoms with van der Waals surface area (Å²) in [5.74, 6) is 1.43. The zero-order valence-electron chi connectivity index (χ0n) is 18.0. The van der Waals surface area contributed by atoms with Gasteiger partial charge in [-0.15, -0.1) is 0 Å². The number of ether oxygens (including phenoxy) is 3. The molecule has 0 saturated heterocycles. The van der Waals surface area contributed by atoms with E-state index >= 15 is 0 Å². The molecule has 0 radical (unpaired) electrons. The van der Waals surface area contributed by atoms with Crippen LogP contribution in [0, 0.1) is 6.92 Å². The zero-order valence-corrected chi connectivity index (χ0v) is 18.8. The number of hydrogen-bond donors (Lipinski definition) is 0. The minimum atomic E-state index is -3.74. The second-order valence-corrected chi connectivity index (χ2v) is 9.31. The first kappa shape index (κ1) is 21.3. The number of aromatic nitrogens is 1. The highest BCUT2D eigenvalue weighted by Crippen LogP contribution is 2.44. The van der Waals surface area contributed by atoms with Gasteiger partial charge in [0.1, 0.15) is 0 Å². The van der Waals surface area contributed by atoms with Crippen molar-refractivity contribution >= 4 is 10.0 Å². The van der Waals surface area contributed by atoms with Gasteiger partial charge in [-0.2, -0.15) is 4.31 Å². The molecule has 0 saturated carbocycles. The fraction of sp³-hybridized carbons (Fsp3) is 0.304. The van der Waals surface area contributed by atoms with Crippen molar-refractivity contribution < 1.29 is 22.6 Å². The molecular formula is C23H26N2O5S. The number of nitrogens with zero attached hydrogens (tertiary/aromatic N) is 2. The number of hydrogen-bond acceptors (Lipinski definition) is 5. The van der Waals surface area contributed by atoms with Crippen molar-refractivity contribution in [2.45, 2.75) is 24.4 Å². The average Bonchev–Trinajstić information content (AvgIpc) is 3.26. The molecule has 4 rings (SSSR count). The molecule has 0 fully saturated rings. The van der Waals surface area contributed by atoms with Crippen LogP contribution in [0.15, 0.2) is 59.6 Å². The maximum absolute atomic E-state index is 13.7. The molecule has 2 aromatic carbocycles. The molecule has 1 atom stereocenters. The van der Waals surface area contributed by atoms with Crippen LogP contribution in [0.25, 0.3) is 0 Å². The van der Waals surface area contributed by atoms with Crippen molar-refractivity contribution in [2.24, 2.45) is 0 Å². The highest BCUT2D eigenvalue weighted by Gasteiger charge is 2.38. The SMILES string of the molecule is COc1cc([C@@H]2c3cccn3CCN2S(=O)(=O)c2ccc(C)cc2)cc(OC)c1OC. The molecular weight excluding hydrogens is 416 g/mol. The topological polar surface area (TPSA) is 70.0 Å². The highest BCUT2D eigenvalue weighted by molar-refractivity contribution is 7.89. The van der Waals surface area contributed by atoms with Gasteiger partial charge in [-0.25, -0.2) is 8.42 Å². The monoisotopic (exact) mass is 442 g/mol. The summed E-state index contributed by atoms with van der Waals surface area (Å²) in [5.41, 5.74) is 2.63. The lowest BCUT2D eigenvalue weighted by atomic mass is 10.0. The smallest absolute Gasteiger partial charge is 0.244 e. The first-order valence-electron chi connectivity index (χ1n) is 9.94. The lowest BCUT2D eigenvalue weighted by molar-refractivity contribution is 0.293. The number of rotatable bonds is 6. The molecule has 1 aliphatic rings. The Hall–Kier alpha value is -2.97. The molecule has 0 aliphatic carbocycles. The van der Waals surface area contributed by atoms with Gasteiger partial charge in [-0.3, -0.25) is 0 Å². The van der Waals surface area contributed by atoms with E-state index in [0.29, 0.717) is 30.3 Å². The molecule has 3 aromatic rings.